The summed E-state index contributed by atoms with van der Waals surface area (Å²) in [7, 11) is 0. The fraction of sp³-hybridized carbons (Fsp3) is 0.500. The van der Waals surface area contributed by atoms with Crippen LogP contribution >= 0.6 is 11.8 Å². The third-order valence-electron chi connectivity index (χ3n) is 8.43. The molecule has 3 aromatic rings. The van der Waals surface area contributed by atoms with Crippen LogP contribution < -0.4 is 0 Å². The van der Waals surface area contributed by atoms with Crippen molar-refractivity contribution in [1.82, 2.24) is 15.0 Å². The van der Waals surface area contributed by atoms with E-state index < -0.39 is 64.7 Å². The molecule has 1 saturated carbocycles. The average molecular weight is 580 g/mol. The maximum atomic E-state index is 13.8. The molecule has 4 unspecified atom stereocenters. The van der Waals surface area contributed by atoms with Crippen LogP contribution in [0.3, 0.4) is 0 Å². The first kappa shape index (κ1) is 29.0. The molecule has 2 aromatic carbocycles. The first-order valence-electron chi connectivity index (χ1n) is 13.1. The van der Waals surface area contributed by atoms with Crippen molar-refractivity contribution in [3.05, 3.63) is 71.2 Å². The monoisotopic (exact) mass is 579 g/mol. The van der Waals surface area contributed by atoms with Gasteiger partial charge in [0.05, 0.1) is 23.7 Å². The van der Waals surface area contributed by atoms with Gasteiger partial charge in [-0.1, -0.05) is 43.3 Å². The molecule has 40 heavy (non-hydrogen) atoms. The molecule has 1 saturated heterocycles. The molecule has 2 fully saturated rings. The first-order valence-corrected chi connectivity index (χ1v) is 14.0. The molecule has 2 heterocycles. The molecular formula is C28H32F3N3O5S. The number of hydrogen-bond donors (Lipinski definition) is 4. The van der Waals surface area contributed by atoms with Crippen LogP contribution in [-0.4, -0.2) is 71.4 Å². The normalized spacial score (nSPS) is 33.0. The Hall–Kier alpha value is -2.48. The highest BCUT2D eigenvalue weighted by molar-refractivity contribution is 8.00. The predicted molar refractivity (Wildman–Crippen MR) is 142 cm³/mol. The number of aliphatic hydroxyl groups excluding tert-OH is 3. The van der Waals surface area contributed by atoms with E-state index in [1.165, 1.54) is 18.0 Å². The SMILES string of the molecule is Cc1ccccc1C(S[C@@H]1O[C@H](CO)[C@H](O)[C@H](n2cc(-c3cc(F)c(F)c(F)c3)nn2)[C@H]1O)C1(O)CC(C)C1C. The molecule has 5 rings (SSSR count). The molecule has 1 aliphatic carbocycles. The number of benzene rings is 2. The van der Waals surface area contributed by atoms with E-state index in [4.69, 9.17) is 4.74 Å². The van der Waals surface area contributed by atoms with Gasteiger partial charge in [-0.2, -0.15) is 0 Å². The van der Waals surface area contributed by atoms with Gasteiger partial charge in [-0.3, -0.25) is 0 Å². The van der Waals surface area contributed by atoms with E-state index in [1.54, 1.807) is 0 Å². The summed E-state index contributed by atoms with van der Waals surface area (Å²) in [6.45, 7) is 5.43. The molecule has 0 bridgehead atoms. The smallest absolute Gasteiger partial charge is 0.194 e. The van der Waals surface area contributed by atoms with Gasteiger partial charge >= 0.3 is 0 Å². The van der Waals surface area contributed by atoms with Gasteiger partial charge in [0.1, 0.15) is 35.5 Å². The lowest BCUT2D eigenvalue weighted by Gasteiger charge is -2.54. The summed E-state index contributed by atoms with van der Waals surface area (Å²) < 4.78 is 48.2. The highest BCUT2D eigenvalue weighted by Crippen LogP contribution is 2.57. The third-order valence-corrected chi connectivity index (χ3v) is 10.0. The predicted octanol–water partition coefficient (Wildman–Crippen LogP) is 3.53. The highest BCUT2D eigenvalue weighted by Gasteiger charge is 2.56. The van der Waals surface area contributed by atoms with Crippen molar-refractivity contribution >= 4 is 11.8 Å². The van der Waals surface area contributed by atoms with E-state index in [0.29, 0.717) is 12.3 Å². The summed E-state index contributed by atoms with van der Waals surface area (Å²) in [5, 5.41) is 51.6. The van der Waals surface area contributed by atoms with Gasteiger partial charge in [-0.25, -0.2) is 17.9 Å². The molecular weight excluding hydrogens is 547 g/mol. The lowest BCUT2D eigenvalue weighted by molar-refractivity contribution is -0.179. The van der Waals surface area contributed by atoms with Gasteiger partial charge in [0.25, 0.3) is 0 Å². The van der Waals surface area contributed by atoms with E-state index in [-0.39, 0.29) is 17.2 Å². The lowest BCUT2D eigenvalue weighted by atomic mass is 9.60. The molecule has 0 spiro atoms. The summed E-state index contributed by atoms with van der Waals surface area (Å²) in [6, 6.07) is 8.03. The van der Waals surface area contributed by atoms with Gasteiger partial charge in [0.15, 0.2) is 17.5 Å². The highest BCUT2D eigenvalue weighted by atomic mass is 32.2. The minimum atomic E-state index is -1.61. The van der Waals surface area contributed by atoms with Crippen LogP contribution in [0.1, 0.15) is 42.7 Å². The van der Waals surface area contributed by atoms with Crippen molar-refractivity contribution in [2.75, 3.05) is 6.61 Å². The van der Waals surface area contributed by atoms with E-state index in [9.17, 15) is 33.6 Å². The Balaban J connectivity index is 1.48. The Bertz CT molecular complexity index is 1360. The second-order valence-electron chi connectivity index (χ2n) is 10.9. The Morgan fingerprint density at radius 3 is 2.40 bits per heavy atom. The van der Waals surface area contributed by atoms with E-state index >= 15 is 0 Å². The molecule has 8 nitrogen and oxygen atoms in total. The van der Waals surface area contributed by atoms with Crippen LogP contribution in [0.2, 0.25) is 0 Å². The summed E-state index contributed by atoms with van der Waals surface area (Å²) in [5.74, 6) is -4.14. The molecule has 1 aromatic heterocycles. The molecule has 9 atom stereocenters. The third kappa shape index (κ3) is 4.94. The van der Waals surface area contributed by atoms with Crippen LogP contribution in [0.25, 0.3) is 11.3 Å². The zero-order chi connectivity index (χ0) is 28.9. The van der Waals surface area contributed by atoms with Crippen molar-refractivity contribution in [2.24, 2.45) is 11.8 Å². The summed E-state index contributed by atoms with van der Waals surface area (Å²) in [6.07, 6.45) is -2.09. The topological polar surface area (TPSA) is 121 Å². The maximum Gasteiger partial charge on any atom is 0.194 e. The van der Waals surface area contributed by atoms with E-state index in [2.05, 4.69) is 17.2 Å². The van der Waals surface area contributed by atoms with Crippen LogP contribution in [0.15, 0.2) is 42.6 Å². The lowest BCUT2D eigenvalue weighted by Crippen LogP contribution is -2.58. The van der Waals surface area contributed by atoms with Crippen LogP contribution in [0.4, 0.5) is 13.2 Å². The second kappa shape index (κ2) is 11.1. The molecule has 12 heteroatoms. The molecule has 4 N–H and O–H groups in total. The first-order chi connectivity index (χ1) is 19.0. The molecule has 0 radical (unpaired) electrons. The Morgan fingerprint density at radius 1 is 1.12 bits per heavy atom. The summed E-state index contributed by atoms with van der Waals surface area (Å²) in [5.41, 5.74) is -0.347. The molecule has 1 aliphatic heterocycles. The molecule has 2 aliphatic rings. The van der Waals surface area contributed by atoms with Crippen LogP contribution in [0, 0.1) is 36.2 Å². The number of aliphatic hydroxyl groups is 4. The number of thioether (sulfide) groups is 1. The van der Waals surface area contributed by atoms with E-state index in [1.807, 2.05) is 38.1 Å². The minimum Gasteiger partial charge on any atom is -0.394 e. The van der Waals surface area contributed by atoms with Gasteiger partial charge in [-0.05, 0) is 48.4 Å². The van der Waals surface area contributed by atoms with Crippen molar-refractivity contribution < 1.29 is 38.3 Å². The van der Waals surface area contributed by atoms with Gasteiger partial charge in [0, 0.05) is 5.56 Å². The quantitative estimate of drug-likeness (QED) is 0.314. The number of halogens is 3. The Kier molecular flexibility index (Phi) is 8.03. The number of ether oxygens (including phenoxy) is 1. The number of aryl methyl sites for hydroxylation is 1. The van der Waals surface area contributed by atoms with E-state index in [0.717, 1.165) is 27.9 Å². The van der Waals surface area contributed by atoms with Crippen molar-refractivity contribution in [2.45, 2.75) is 67.8 Å². The fourth-order valence-corrected chi connectivity index (χ4v) is 7.54. The van der Waals surface area contributed by atoms with Gasteiger partial charge in [0.2, 0.25) is 0 Å². The van der Waals surface area contributed by atoms with Crippen LogP contribution in [-0.2, 0) is 4.74 Å². The van der Waals surface area contributed by atoms with Gasteiger partial charge in [-0.15, -0.1) is 16.9 Å². The fourth-order valence-electron chi connectivity index (χ4n) is 5.78. The number of aromatic nitrogens is 3. The second-order valence-corrected chi connectivity index (χ2v) is 12.1. The minimum absolute atomic E-state index is 0.0159. The molecule has 216 valence electrons. The zero-order valence-corrected chi connectivity index (χ0v) is 23.0. The van der Waals surface area contributed by atoms with Gasteiger partial charge < -0.3 is 25.2 Å². The average Bonchev–Trinajstić information content (AvgIpc) is 3.41. The largest absolute Gasteiger partial charge is 0.394 e. The molecule has 0 amide bonds. The van der Waals surface area contributed by atoms with Crippen molar-refractivity contribution in [3.8, 4) is 11.3 Å². The Labute approximate surface area is 233 Å². The number of nitrogens with zero attached hydrogens (tertiary/aromatic N) is 3. The summed E-state index contributed by atoms with van der Waals surface area (Å²) in [4.78, 5) is 0. The number of hydrogen-bond acceptors (Lipinski definition) is 8. The standard InChI is InChI=1S/C28H32F3N3O5S/c1-13-6-4-5-7-17(13)26(28(38)10-14(2)15(28)3)40-27-25(37)23(24(36)21(12-35)39-27)34-11-20(32-33-34)16-8-18(29)22(31)19(30)9-16/h4-9,11,14-15,21,23-27,35-38H,10,12H2,1-3H3/t14?,15?,21-,23+,24+,25-,26?,27+,28?/m1/s1. The van der Waals surface area contributed by atoms with Crippen molar-refractivity contribution in [3.63, 3.8) is 0 Å². The van der Waals surface area contributed by atoms with Crippen molar-refractivity contribution in [1.29, 1.82) is 0 Å². The number of rotatable bonds is 7. The summed E-state index contributed by atoms with van der Waals surface area (Å²) >= 11 is 1.21. The maximum absolute atomic E-state index is 13.8. The zero-order valence-electron chi connectivity index (χ0n) is 22.2. The Morgan fingerprint density at radius 2 is 1.80 bits per heavy atom. The van der Waals surface area contributed by atoms with Crippen LogP contribution in [0.5, 0.6) is 0 Å².